The summed E-state index contributed by atoms with van der Waals surface area (Å²) < 4.78 is 23.6. The van der Waals surface area contributed by atoms with Gasteiger partial charge in [0.05, 0.1) is 39.9 Å². The van der Waals surface area contributed by atoms with Gasteiger partial charge in [0, 0.05) is 6.42 Å². The zero-order valence-corrected chi connectivity index (χ0v) is 34.8. The van der Waals surface area contributed by atoms with Crippen molar-refractivity contribution in [3.63, 3.8) is 0 Å². The van der Waals surface area contributed by atoms with Crippen molar-refractivity contribution in [3.05, 3.63) is 0 Å². The van der Waals surface area contributed by atoms with Gasteiger partial charge in [-0.15, -0.1) is 0 Å². The molecule has 0 fully saturated rings. The predicted octanol–water partition coefficient (Wildman–Crippen LogP) is 11.4. The molecule has 0 heterocycles. The quantitative estimate of drug-likeness (QED) is 0.0330. The first-order valence-electron chi connectivity index (χ1n) is 21.4. The predicted molar refractivity (Wildman–Crippen MR) is 212 cm³/mol. The molecule has 9 heteroatoms. The fourth-order valence-electron chi connectivity index (χ4n) is 6.40. The largest absolute Gasteiger partial charge is 0.472 e. The van der Waals surface area contributed by atoms with Crippen LogP contribution in [0.15, 0.2) is 0 Å². The number of nitrogens with zero attached hydrogens (tertiary/aromatic N) is 1. The molecule has 50 heavy (non-hydrogen) atoms. The number of phosphoric acid groups is 1. The van der Waals surface area contributed by atoms with Crippen LogP contribution in [0.2, 0.25) is 0 Å². The molecule has 3 N–H and O–H groups in total. The van der Waals surface area contributed by atoms with E-state index in [1.165, 1.54) is 141 Å². The van der Waals surface area contributed by atoms with Gasteiger partial charge in [0.25, 0.3) is 0 Å². The van der Waals surface area contributed by atoms with Crippen LogP contribution in [-0.4, -0.2) is 73.4 Å². The SMILES string of the molecule is CCCCCCCCCCCCCCCCCCCC(=O)N[C@@H](COP(=O)(O)OCC[N+](C)(C)C)[C@H](O)CCCCCCCCCCCCC. The molecule has 8 nitrogen and oxygen atoms in total. The molecule has 0 aromatic carbocycles. The van der Waals surface area contributed by atoms with Gasteiger partial charge in [-0.3, -0.25) is 13.8 Å². The molecule has 0 aliphatic heterocycles. The second-order valence-electron chi connectivity index (χ2n) is 16.1. The van der Waals surface area contributed by atoms with Gasteiger partial charge < -0.3 is 19.8 Å². The van der Waals surface area contributed by atoms with E-state index < -0.39 is 20.0 Å². The second-order valence-corrected chi connectivity index (χ2v) is 17.5. The molecule has 0 saturated carbocycles. The molecular weight excluding hydrogens is 647 g/mol. The Kier molecular flexibility index (Phi) is 33.9. The molecule has 0 radical (unpaired) electrons. The minimum absolute atomic E-state index is 0.0783. The number of aliphatic hydroxyl groups excluding tert-OH is 1. The van der Waals surface area contributed by atoms with Gasteiger partial charge in [-0.1, -0.05) is 187 Å². The minimum Gasteiger partial charge on any atom is -0.391 e. The molecule has 0 spiro atoms. The van der Waals surface area contributed by atoms with Gasteiger partial charge in [0.2, 0.25) is 5.91 Å². The van der Waals surface area contributed by atoms with Crippen LogP contribution in [-0.2, 0) is 18.4 Å². The van der Waals surface area contributed by atoms with Crippen molar-refractivity contribution in [2.75, 3.05) is 40.9 Å². The van der Waals surface area contributed by atoms with E-state index >= 15 is 0 Å². The minimum atomic E-state index is -4.30. The summed E-state index contributed by atoms with van der Waals surface area (Å²) in [5, 5.41) is 13.9. The summed E-state index contributed by atoms with van der Waals surface area (Å²) in [6, 6.07) is -0.751. The number of unbranched alkanes of at least 4 members (excludes halogenated alkanes) is 26. The maximum absolute atomic E-state index is 12.8. The van der Waals surface area contributed by atoms with Crippen LogP contribution in [0.5, 0.6) is 0 Å². The van der Waals surface area contributed by atoms with Gasteiger partial charge >= 0.3 is 7.82 Å². The third-order valence-electron chi connectivity index (χ3n) is 9.86. The number of phosphoric ester groups is 1. The number of rotatable bonds is 39. The van der Waals surface area contributed by atoms with Crippen molar-refractivity contribution in [2.45, 2.75) is 219 Å². The average Bonchev–Trinajstić information content (AvgIpc) is 3.06. The third-order valence-corrected chi connectivity index (χ3v) is 10.8. The first kappa shape index (κ1) is 49.5. The monoisotopic (exact) mass is 734 g/mol. The number of carbonyl (C=O) groups excluding carboxylic acids is 1. The smallest absolute Gasteiger partial charge is 0.391 e. The van der Waals surface area contributed by atoms with Crippen LogP contribution in [0.4, 0.5) is 0 Å². The maximum Gasteiger partial charge on any atom is 0.472 e. The number of carbonyl (C=O) groups is 1. The van der Waals surface area contributed by atoms with E-state index in [0.29, 0.717) is 23.9 Å². The highest BCUT2D eigenvalue weighted by atomic mass is 31.2. The Balaban J connectivity index is 4.31. The average molecular weight is 734 g/mol. The fourth-order valence-corrected chi connectivity index (χ4v) is 7.13. The lowest BCUT2D eigenvalue weighted by atomic mass is 10.0. The summed E-state index contributed by atoms with van der Waals surface area (Å²) in [5.74, 6) is -0.142. The van der Waals surface area contributed by atoms with E-state index in [-0.39, 0.29) is 19.1 Å². The molecule has 0 aromatic rings. The van der Waals surface area contributed by atoms with E-state index in [4.69, 9.17) is 9.05 Å². The van der Waals surface area contributed by atoms with Crippen LogP contribution < -0.4 is 5.32 Å². The van der Waals surface area contributed by atoms with Gasteiger partial charge in [0.1, 0.15) is 13.2 Å². The summed E-state index contributed by atoms with van der Waals surface area (Å²) in [7, 11) is 1.63. The van der Waals surface area contributed by atoms with Crippen molar-refractivity contribution in [1.82, 2.24) is 5.32 Å². The Morgan fingerprint density at radius 1 is 0.600 bits per heavy atom. The number of hydrogen-bond donors (Lipinski definition) is 3. The summed E-state index contributed by atoms with van der Waals surface area (Å²) >= 11 is 0. The van der Waals surface area contributed by atoms with E-state index in [2.05, 4.69) is 19.2 Å². The number of nitrogens with one attached hydrogen (secondary N) is 1. The standard InChI is InChI=1S/C41H85N2O6P/c1-6-8-10-12-14-16-18-19-20-21-22-23-25-27-29-31-33-35-41(45)42-39(38-49-50(46,47)48-37-36-43(3,4)5)40(44)34-32-30-28-26-24-17-15-13-11-9-7-2/h39-40,44H,6-38H2,1-5H3,(H-,42,45,46,47)/p+1/t39-,40+/m0/s1. The van der Waals surface area contributed by atoms with E-state index in [1.807, 2.05) is 21.1 Å². The number of quaternary nitrogens is 1. The van der Waals surface area contributed by atoms with Gasteiger partial charge in [-0.2, -0.15) is 0 Å². The molecule has 1 unspecified atom stereocenters. The van der Waals surface area contributed by atoms with Gasteiger partial charge in [-0.05, 0) is 12.8 Å². The Bertz CT molecular complexity index is 794. The highest BCUT2D eigenvalue weighted by molar-refractivity contribution is 7.47. The maximum atomic E-state index is 12.8. The molecule has 300 valence electrons. The van der Waals surface area contributed by atoms with Crippen molar-refractivity contribution in [1.29, 1.82) is 0 Å². The zero-order valence-electron chi connectivity index (χ0n) is 33.9. The van der Waals surface area contributed by atoms with E-state index in [0.717, 1.165) is 38.5 Å². The number of amides is 1. The zero-order chi connectivity index (χ0) is 37.2. The Hall–Kier alpha value is -0.500. The summed E-state index contributed by atoms with van der Waals surface area (Å²) in [6.45, 7) is 4.89. The molecule has 0 bridgehead atoms. The van der Waals surface area contributed by atoms with E-state index in [9.17, 15) is 19.4 Å². The Labute approximate surface area is 310 Å². The molecule has 0 aliphatic carbocycles. The molecule has 3 atom stereocenters. The highest BCUT2D eigenvalue weighted by Gasteiger charge is 2.28. The third kappa shape index (κ3) is 35.9. The Morgan fingerprint density at radius 3 is 1.34 bits per heavy atom. The molecular formula is C41H86N2O6P+. The van der Waals surface area contributed by atoms with Gasteiger partial charge in [-0.25, -0.2) is 4.57 Å². The molecule has 0 rings (SSSR count). The van der Waals surface area contributed by atoms with Crippen LogP contribution in [0.25, 0.3) is 0 Å². The van der Waals surface area contributed by atoms with Crippen molar-refractivity contribution < 1.29 is 32.9 Å². The van der Waals surface area contributed by atoms with Crippen LogP contribution in [0.1, 0.15) is 206 Å². The van der Waals surface area contributed by atoms with Gasteiger partial charge in [0.15, 0.2) is 0 Å². The molecule has 0 saturated heterocycles. The number of likely N-dealkylation sites (N-methyl/N-ethyl adjacent to an activating group) is 1. The highest BCUT2D eigenvalue weighted by Crippen LogP contribution is 2.43. The summed E-state index contributed by atoms with van der Waals surface area (Å²) in [4.78, 5) is 23.1. The van der Waals surface area contributed by atoms with E-state index in [1.54, 1.807) is 0 Å². The fraction of sp³-hybridized carbons (Fsp3) is 0.976. The number of aliphatic hydroxyl groups is 1. The summed E-state index contributed by atoms with van der Waals surface area (Å²) in [5.41, 5.74) is 0. The first-order chi connectivity index (χ1) is 24.0. The molecule has 1 amide bonds. The normalized spacial score (nSPS) is 14.5. The van der Waals surface area contributed by atoms with Crippen LogP contribution in [0.3, 0.4) is 0 Å². The first-order valence-corrected chi connectivity index (χ1v) is 22.9. The molecule has 0 aliphatic rings. The van der Waals surface area contributed by atoms with Crippen molar-refractivity contribution >= 4 is 13.7 Å². The Morgan fingerprint density at radius 2 is 0.960 bits per heavy atom. The number of hydrogen-bond acceptors (Lipinski definition) is 5. The lowest BCUT2D eigenvalue weighted by Crippen LogP contribution is -2.46. The lowest BCUT2D eigenvalue weighted by molar-refractivity contribution is -0.870. The van der Waals surface area contributed by atoms with Crippen molar-refractivity contribution in [3.8, 4) is 0 Å². The molecule has 0 aromatic heterocycles. The summed E-state index contributed by atoms with van der Waals surface area (Å²) in [6.07, 6.45) is 35.5. The second kappa shape index (κ2) is 34.3. The van der Waals surface area contributed by atoms with Crippen LogP contribution in [0, 0.1) is 0 Å². The van der Waals surface area contributed by atoms with Crippen molar-refractivity contribution in [2.24, 2.45) is 0 Å². The topological polar surface area (TPSA) is 105 Å². The van der Waals surface area contributed by atoms with Crippen LogP contribution >= 0.6 is 7.82 Å². The lowest BCUT2D eigenvalue weighted by Gasteiger charge is -2.26.